The summed E-state index contributed by atoms with van der Waals surface area (Å²) in [6.45, 7) is 0.0809. The summed E-state index contributed by atoms with van der Waals surface area (Å²) >= 11 is 3.45. The monoisotopic (exact) mass is 643 g/mol. The standard InChI is InChI=1S/C30H22BrN5O5S/c31-19-13-14-25-23(16-19)26(36-29(38)22-11-4-5-12-24(22)33-30(36)39)27(35(25)17-18-7-6-8-20(32)15-18)28(37)34-42(40,41)21-9-2-1-3-10-21/h1-16H,17,32H2,(H,33,39)(H,34,37). The molecular weight excluding hydrogens is 622 g/mol. The Balaban J connectivity index is 1.68. The number of anilines is 1. The fourth-order valence-corrected chi connectivity index (χ4v) is 6.33. The number of hydrogen-bond donors (Lipinski definition) is 3. The number of nitrogen functional groups attached to an aromatic ring is 1. The van der Waals surface area contributed by atoms with Crippen LogP contribution in [0.15, 0.2) is 116 Å². The second kappa shape index (κ2) is 10.5. The summed E-state index contributed by atoms with van der Waals surface area (Å²) in [5.74, 6) is -1.02. The van der Waals surface area contributed by atoms with Crippen molar-refractivity contribution in [3.8, 4) is 5.69 Å². The second-order valence-corrected chi connectivity index (χ2v) is 12.2. The molecule has 210 valence electrons. The van der Waals surface area contributed by atoms with E-state index in [0.717, 1.165) is 4.57 Å². The number of aromatic amines is 1. The third-order valence-electron chi connectivity index (χ3n) is 6.81. The third kappa shape index (κ3) is 4.80. The molecule has 0 fully saturated rings. The lowest BCUT2D eigenvalue weighted by atomic mass is 10.2. The molecule has 0 spiro atoms. The van der Waals surface area contributed by atoms with E-state index in [1.807, 2.05) is 0 Å². The number of H-pyrrole nitrogens is 1. The number of carbonyl (C=O) groups excluding carboxylic acids is 1. The molecule has 6 rings (SSSR count). The summed E-state index contributed by atoms with van der Waals surface area (Å²) in [6, 6.07) is 26.1. The van der Waals surface area contributed by atoms with E-state index in [1.54, 1.807) is 77.4 Å². The average molecular weight is 645 g/mol. The predicted octanol–water partition coefficient (Wildman–Crippen LogP) is 4.15. The predicted molar refractivity (Wildman–Crippen MR) is 164 cm³/mol. The van der Waals surface area contributed by atoms with Crippen LogP contribution in [-0.4, -0.2) is 28.4 Å². The summed E-state index contributed by atoms with van der Waals surface area (Å²) in [7, 11) is -4.32. The molecule has 0 aliphatic rings. The van der Waals surface area contributed by atoms with Crippen molar-refractivity contribution in [1.29, 1.82) is 0 Å². The summed E-state index contributed by atoms with van der Waals surface area (Å²) in [5, 5.41) is 0.588. The van der Waals surface area contributed by atoms with Gasteiger partial charge in [0.05, 0.1) is 27.0 Å². The molecule has 4 aromatic carbocycles. The van der Waals surface area contributed by atoms with Crippen LogP contribution in [0.2, 0.25) is 0 Å². The molecule has 6 aromatic rings. The van der Waals surface area contributed by atoms with Gasteiger partial charge < -0.3 is 15.3 Å². The van der Waals surface area contributed by atoms with Crippen molar-refractivity contribution in [3.05, 3.63) is 134 Å². The van der Waals surface area contributed by atoms with Crippen molar-refractivity contribution in [2.45, 2.75) is 11.4 Å². The van der Waals surface area contributed by atoms with E-state index in [2.05, 4.69) is 25.6 Å². The fraction of sp³-hybridized carbons (Fsp3) is 0.0333. The minimum Gasteiger partial charge on any atom is -0.399 e. The minimum atomic E-state index is -4.32. The average Bonchev–Trinajstić information content (AvgIpc) is 3.26. The van der Waals surface area contributed by atoms with Crippen LogP contribution in [0.25, 0.3) is 27.5 Å². The first-order valence-electron chi connectivity index (χ1n) is 12.7. The molecule has 0 bridgehead atoms. The molecule has 2 heterocycles. The SMILES string of the molecule is Nc1cccc(Cn2c(C(=O)NS(=O)(=O)c3ccccc3)c(-n3c(=O)[nH]c4ccccc4c3=O)c3cc(Br)ccc32)c1. The molecular formula is C30H22BrN5O5S. The molecule has 4 N–H and O–H groups in total. The topological polar surface area (TPSA) is 149 Å². The van der Waals surface area contributed by atoms with Crippen LogP contribution in [-0.2, 0) is 16.6 Å². The lowest BCUT2D eigenvalue weighted by Crippen LogP contribution is -2.37. The number of nitrogens with zero attached hydrogens (tertiary/aromatic N) is 2. The Morgan fingerprint density at radius 1 is 0.881 bits per heavy atom. The number of hydrogen-bond acceptors (Lipinski definition) is 6. The zero-order valence-corrected chi connectivity index (χ0v) is 24.1. The van der Waals surface area contributed by atoms with Gasteiger partial charge in [0.1, 0.15) is 5.69 Å². The number of aromatic nitrogens is 3. The Morgan fingerprint density at radius 2 is 1.62 bits per heavy atom. The van der Waals surface area contributed by atoms with Gasteiger partial charge in [0.15, 0.2) is 0 Å². The summed E-state index contributed by atoms with van der Waals surface area (Å²) in [4.78, 5) is 44.0. The Bertz CT molecular complexity index is 2260. The van der Waals surface area contributed by atoms with Crippen molar-refractivity contribution in [1.82, 2.24) is 18.8 Å². The first-order valence-corrected chi connectivity index (χ1v) is 14.9. The van der Waals surface area contributed by atoms with Gasteiger partial charge in [-0.2, -0.15) is 0 Å². The van der Waals surface area contributed by atoms with E-state index in [1.165, 1.54) is 24.3 Å². The summed E-state index contributed by atoms with van der Waals surface area (Å²) in [6.07, 6.45) is 0. The lowest BCUT2D eigenvalue weighted by molar-refractivity contribution is 0.0973. The lowest BCUT2D eigenvalue weighted by Gasteiger charge is -2.14. The van der Waals surface area contributed by atoms with E-state index in [-0.39, 0.29) is 28.2 Å². The van der Waals surface area contributed by atoms with E-state index in [4.69, 9.17) is 5.73 Å². The van der Waals surface area contributed by atoms with Gasteiger partial charge in [-0.25, -0.2) is 22.5 Å². The third-order valence-corrected chi connectivity index (χ3v) is 8.66. The molecule has 0 aliphatic heterocycles. The zero-order valence-electron chi connectivity index (χ0n) is 21.7. The molecule has 0 atom stereocenters. The number of para-hydroxylation sites is 1. The highest BCUT2D eigenvalue weighted by molar-refractivity contribution is 9.10. The van der Waals surface area contributed by atoms with Gasteiger partial charge in [0, 0.05) is 22.1 Å². The molecule has 2 aromatic heterocycles. The minimum absolute atomic E-state index is 0.0621. The van der Waals surface area contributed by atoms with Crippen LogP contribution in [0.5, 0.6) is 0 Å². The van der Waals surface area contributed by atoms with Crippen molar-refractivity contribution in [2.75, 3.05) is 5.73 Å². The van der Waals surface area contributed by atoms with Crippen LogP contribution in [0.4, 0.5) is 5.69 Å². The zero-order chi connectivity index (χ0) is 29.6. The molecule has 10 nitrogen and oxygen atoms in total. The molecule has 0 aliphatic carbocycles. The number of rotatable bonds is 6. The number of nitrogens with two attached hydrogens (primary N) is 1. The van der Waals surface area contributed by atoms with Gasteiger partial charge >= 0.3 is 5.69 Å². The maximum absolute atomic E-state index is 14.1. The Hall–Kier alpha value is -4.94. The molecule has 0 saturated carbocycles. The van der Waals surface area contributed by atoms with Crippen LogP contribution in [0, 0.1) is 0 Å². The van der Waals surface area contributed by atoms with E-state index < -0.39 is 27.2 Å². The number of nitrogens with one attached hydrogen (secondary N) is 2. The van der Waals surface area contributed by atoms with E-state index in [9.17, 15) is 22.8 Å². The molecule has 12 heteroatoms. The van der Waals surface area contributed by atoms with Crippen LogP contribution >= 0.6 is 15.9 Å². The van der Waals surface area contributed by atoms with E-state index in [0.29, 0.717) is 32.1 Å². The van der Waals surface area contributed by atoms with Gasteiger partial charge in [0.2, 0.25) is 0 Å². The van der Waals surface area contributed by atoms with Crippen molar-refractivity contribution in [3.63, 3.8) is 0 Å². The molecule has 1 amide bonds. The second-order valence-electron chi connectivity index (χ2n) is 9.55. The normalized spacial score (nSPS) is 11.6. The highest BCUT2D eigenvalue weighted by Crippen LogP contribution is 2.32. The van der Waals surface area contributed by atoms with E-state index >= 15 is 0 Å². The van der Waals surface area contributed by atoms with Gasteiger partial charge in [-0.15, -0.1) is 0 Å². The highest BCUT2D eigenvalue weighted by atomic mass is 79.9. The van der Waals surface area contributed by atoms with Crippen LogP contribution < -0.4 is 21.7 Å². The number of benzene rings is 4. The molecule has 0 unspecified atom stereocenters. The first kappa shape index (κ1) is 27.2. The number of carbonyl (C=O) groups is 1. The number of fused-ring (bicyclic) bond motifs is 2. The van der Waals surface area contributed by atoms with Gasteiger partial charge in [-0.1, -0.05) is 58.4 Å². The molecule has 42 heavy (non-hydrogen) atoms. The smallest absolute Gasteiger partial charge is 0.333 e. The Morgan fingerprint density at radius 3 is 2.38 bits per heavy atom. The summed E-state index contributed by atoms with van der Waals surface area (Å²) < 4.78 is 31.7. The van der Waals surface area contributed by atoms with Crippen LogP contribution in [0.3, 0.4) is 0 Å². The van der Waals surface area contributed by atoms with Gasteiger partial charge in [0.25, 0.3) is 21.5 Å². The van der Waals surface area contributed by atoms with Crippen molar-refractivity contribution >= 4 is 59.4 Å². The largest absolute Gasteiger partial charge is 0.399 e. The number of sulfonamides is 1. The number of amides is 1. The van der Waals surface area contributed by atoms with Crippen molar-refractivity contribution in [2.24, 2.45) is 0 Å². The molecule has 0 saturated heterocycles. The summed E-state index contributed by atoms with van der Waals surface area (Å²) in [5.41, 5.74) is 6.30. The maximum Gasteiger partial charge on any atom is 0.333 e. The Labute approximate surface area is 247 Å². The van der Waals surface area contributed by atoms with Gasteiger partial charge in [-0.05, 0) is 60.2 Å². The quantitative estimate of drug-likeness (QED) is 0.232. The number of halogens is 1. The fourth-order valence-electron chi connectivity index (χ4n) is 5.00. The van der Waals surface area contributed by atoms with Gasteiger partial charge in [-0.3, -0.25) is 9.59 Å². The Kier molecular flexibility index (Phi) is 6.79. The van der Waals surface area contributed by atoms with Crippen LogP contribution in [0.1, 0.15) is 16.1 Å². The first-order chi connectivity index (χ1) is 20.1. The van der Waals surface area contributed by atoms with Crippen molar-refractivity contribution < 1.29 is 13.2 Å². The highest BCUT2D eigenvalue weighted by Gasteiger charge is 2.30. The maximum atomic E-state index is 14.1. The molecule has 0 radical (unpaired) electrons.